The molecule has 100 valence electrons. The number of hydrogen-bond donors (Lipinski definition) is 1. The third kappa shape index (κ3) is 5.95. The first-order valence-electron chi connectivity index (χ1n) is 5.83. The van der Waals surface area contributed by atoms with E-state index in [4.69, 9.17) is 32.2 Å². The zero-order chi connectivity index (χ0) is 13.2. The highest BCUT2D eigenvalue weighted by Crippen LogP contribution is 2.11. The molecule has 0 aliphatic heterocycles. The van der Waals surface area contributed by atoms with Gasteiger partial charge in [0.15, 0.2) is 0 Å². The van der Waals surface area contributed by atoms with Crippen molar-refractivity contribution in [1.29, 1.82) is 0 Å². The highest BCUT2D eigenvalue weighted by atomic mass is 32.1. The predicted octanol–water partition coefficient (Wildman–Crippen LogP) is 1.75. The Balaban J connectivity index is 2.14. The lowest BCUT2D eigenvalue weighted by atomic mass is 10.2. The second-order valence-electron chi connectivity index (χ2n) is 3.70. The molecule has 1 aromatic rings. The van der Waals surface area contributed by atoms with E-state index in [2.05, 4.69) is 0 Å². The number of thiocarbonyl (C=S) groups is 1. The van der Waals surface area contributed by atoms with E-state index >= 15 is 0 Å². The third-order valence-corrected chi connectivity index (χ3v) is 2.51. The van der Waals surface area contributed by atoms with Crippen LogP contribution in [0.25, 0.3) is 0 Å². The van der Waals surface area contributed by atoms with E-state index < -0.39 is 0 Å². The lowest BCUT2D eigenvalue weighted by Crippen LogP contribution is -2.10. The van der Waals surface area contributed by atoms with E-state index in [0.29, 0.717) is 24.8 Å². The van der Waals surface area contributed by atoms with Gasteiger partial charge in [-0.25, -0.2) is 0 Å². The fourth-order valence-corrected chi connectivity index (χ4v) is 1.48. The molecule has 0 aromatic heterocycles. The number of rotatable bonds is 9. The summed E-state index contributed by atoms with van der Waals surface area (Å²) < 4.78 is 15.8. The van der Waals surface area contributed by atoms with Crippen LogP contribution in [0, 0.1) is 0 Å². The van der Waals surface area contributed by atoms with Crippen molar-refractivity contribution in [1.82, 2.24) is 0 Å². The summed E-state index contributed by atoms with van der Waals surface area (Å²) in [6.07, 6.45) is 0.902. The summed E-state index contributed by atoms with van der Waals surface area (Å²) >= 11 is 4.87. The van der Waals surface area contributed by atoms with Crippen molar-refractivity contribution in [3.8, 4) is 5.75 Å². The Bertz CT molecular complexity index is 354. The first-order chi connectivity index (χ1) is 8.74. The van der Waals surface area contributed by atoms with Crippen LogP contribution in [0.5, 0.6) is 5.75 Å². The second kappa shape index (κ2) is 8.85. The lowest BCUT2D eigenvalue weighted by Gasteiger charge is -2.07. The predicted molar refractivity (Wildman–Crippen MR) is 75.1 cm³/mol. The maximum atomic E-state index is 5.51. The molecule has 0 radical (unpaired) electrons. The van der Waals surface area contributed by atoms with Gasteiger partial charge in [-0.2, -0.15) is 0 Å². The van der Waals surface area contributed by atoms with Gasteiger partial charge in [-0.05, 0) is 30.7 Å². The Morgan fingerprint density at radius 2 is 1.83 bits per heavy atom. The van der Waals surface area contributed by atoms with Crippen LogP contribution in [0.4, 0.5) is 0 Å². The van der Waals surface area contributed by atoms with Gasteiger partial charge in [0.2, 0.25) is 0 Å². The molecular formula is C13H19NO3S. The van der Waals surface area contributed by atoms with Crippen LogP contribution in [-0.2, 0) is 9.47 Å². The lowest BCUT2D eigenvalue weighted by molar-refractivity contribution is 0.0806. The standard InChI is InChI=1S/C13H19NO3S/c1-15-7-2-8-16-9-10-17-12-5-3-11(4-6-12)13(14)18/h3-6H,2,7-10H2,1H3,(H2,14,18). The van der Waals surface area contributed by atoms with Gasteiger partial charge in [0.1, 0.15) is 17.3 Å². The first-order valence-corrected chi connectivity index (χ1v) is 6.24. The van der Waals surface area contributed by atoms with Crippen molar-refractivity contribution in [2.45, 2.75) is 6.42 Å². The van der Waals surface area contributed by atoms with E-state index in [1.54, 1.807) is 7.11 Å². The maximum absolute atomic E-state index is 5.51. The number of ether oxygens (including phenoxy) is 3. The van der Waals surface area contributed by atoms with Crippen molar-refractivity contribution in [2.75, 3.05) is 33.5 Å². The normalized spacial score (nSPS) is 10.3. The molecule has 4 nitrogen and oxygen atoms in total. The number of hydrogen-bond acceptors (Lipinski definition) is 4. The van der Waals surface area contributed by atoms with Crippen LogP contribution >= 0.6 is 12.2 Å². The SMILES string of the molecule is COCCCOCCOc1ccc(C(N)=S)cc1. The molecule has 5 heteroatoms. The molecule has 0 saturated carbocycles. The molecular weight excluding hydrogens is 250 g/mol. The summed E-state index contributed by atoms with van der Waals surface area (Å²) in [5.74, 6) is 0.787. The monoisotopic (exact) mass is 269 g/mol. The molecule has 0 fully saturated rings. The summed E-state index contributed by atoms with van der Waals surface area (Å²) in [6, 6.07) is 7.38. The molecule has 0 aliphatic rings. The van der Waals surface area contributed by atoms with Crippen LogP contribution in [0.1, 0.15) is 12.0 Å². The smallest absolute Gasteiger partial charge is 0.119 e. The zero-order valence-corrected chi connectivity index (χ0v) is 11.4. The van der Waals surface area contributed by atoms with Gasteiger partial charge >= 0.3 is 0 Å². The fourth-order valence-electron chi connectivity index (χ4n) is 1.34. The molecule has 0 saturated heterocycles. The van der Waals surface area contributed by atoms with Crippen LogP contribution in [0.2, 0.25) is 0 Å². The highest BCUT2D eigenvalue weighted by molar-refractivity contribution is 7.80. The molecule has 0 atom stereocenters. The van der Waals surface area contributed by atoms with Crippen LogP contribution < -0.4 is 10.5 Å². The minimum absolute atomic E-state index is 0.392. The molecule has 0 spiro atoms. The van der Waals surface area contributed by atoms with Crippen LogP contribution in [0.3, 0.4) is 0 Å². The summed E-state index contributed by atoms with van der Waals surface area (Å²) in [6.45, 7) is 2.51. The zero-order valence-electron chi connectivity index (χ0n) is 10.6. The number of benzene rings is 1. The van der Waals surface area contributed by atoms with Crippen molar-refractivity contribution in [3.05, 3.63) is 29.8 Å². The number of nitrogens with two attached hydrogens (primary N) is 1. The average Bonchev–Trinajstić information content (AvgIpc) is 2.38. The van der Waals surface area contributed by atoms with Crippen LogP contribution in [-0.4, -0.2) is 38.5 Å². The Labute approximate surface area is 113 Å². The largest absolute Gasteiger partial charge is 0.491 e. The Morgan fingerprint density at radius 3 is 2.44 bits per heavy atom. The van der Waals surface area contributed by atoms with Gasteiger partial charge in [-0.3, -0.25) is 0 Å². The van der Waals surface area contributed by atoms with Gasteiger partial charge in [-0.1, -0.05) is 12.2 Å². The molecule has 0 unspecified atom stereocenters. The Morgan fingerprint density at radius 1 is 1.11 bits per heavy atom. The summed E-state index contributed by atoms with van der Waals surface area (Å²) in [5.41, 5.74) is 6.34. The molecule has 1 aromatic carbocycles. The van der Waals surface area contributed by atoms with E-state index in [9.17, 15) is 0 Å². The molecule has 0 bridgehead atoms. The Hall–Kier alpha value is -1.17. The van der Waals surface area contributed by atoms with Gasteiger partial charge in [-0.15, -0.1) is 0 Å². The second-order valence-corrected chi connectivity index (χ2v) is 4.14. The first kappa shape index (κ1) is 14.9. The van der Waals surface area contributed by atoms with E-state index in [0.717, 1.165) is 24.3 Å². The van der Waals surface area contributed by atoms with E-state index in [1.807, 2.05) is 24.3 Å². The topological polar surface area (TPSA) is 53.7 Å². The highest BCUT2D eigenvalue weighted by Gasteiger charge is 1.97. The van der Waals surface area contributed by atoms with E-state index in [1.165, 1.54) is 0 Å². The van der Waals surface area contributed by atoms with Gasteiger partial charge in [0, 0.05) is 25.9 Å². The maximum Gasteiger partial charge on any atom is 0.119 e. The van der Waals surface area contributed by atoms with Crippen LogP contribution in [0.15, 0.2) is 24.3 Å². The summed E-state index contributed by atoms with van der Waals surface area (Å²) in [7, 11) is 1.68. The minimum atomic E-state index is 0.392. The third-order valence-electron chi connectivity index (χ3n) is 2.27. The molecule has 0 aliphatic carbocycles. The fraction of sp³-hybridized carbons (Fsp3) is 0.462. The van der Waals surface area contributed by atoms with Gasteiger partial charge in [0.25, 0.3) is 0 Å². The molecule has 0 heterocycles. The van der Waals surface area contributed by atoms with Gasteiger partial charge in [0.05, 0.1) is 6.61 Å². The average molecular weight is 269 g/mol. The van der Waals surface area contributed by atoms with E-state index in [-0.39, 0.29) is 0 Å². The van der Waals surface area contributed by atoms with Crippen molar-refractivity contribution >= 4 is 17.2 Å². The van der Waals surface area contributed by atoms with Crippen molar-refractivity contribution < 1.29 is 14.2 Å². The van der Waals surface area contributed by atoms with Gasteiger partial charge < -0.3 is 19.9 Å². The van der Waals surface area contributed by atoms with Crippen molar-refractivity contribution in [2.24, 2.45) is 5.73 Å². The molecule has 2 N–H and O–H groups in total. The molecule has 1 rings (SSSR count). The van der Waals surface area contributed by atoms with Crippen molar-refractivity contribution in [3.63, 3.8) is 0 Å². The Kier molecular flexibility index (Phi) is 7.32. The quantitative estimate of drug-likeness (QED) is 0.547. The summed E-state index contributed by atoms with van der Waals surface area (Å²) in [4.78, 5) is 0.392. The molecule has 0 amide bonds. The summed E-state index contributed by atoms with van der Waals surface area (Å²) in [5, 5.41) is 0. The minimum Gasteiger partial charge on any atom is -0.491 e. The molecule has 18 heavy (non-hydrogen) atoms. The number of methoxy groups -OCH3 is 1.